The average Bonchev–Trinajstić information content (AvgIpc) is 2.44. The van der Waals surface area contributed by atoms with Crippen molar-refractivity contribution in [3.63, 3.8) is 0 Å². The Bertz CT molecular complexity index is 461. The fourth-order valence-electron chi connectivity index (χ4n) is 2.61. The molecule has 1 saturated carbocycles. The molecule has 2 N–H and O–H groups in total. The van der Waals surface area contributed by atoms with Gasteiger partial charge in [0.25, 0.3) is 0 Å². The van der Waals surface area contributed by atoms with Crippen molar-refractivity contribution in [2.75, 3.05) is 11.9 Å². The predicted octanol–water partition coefficient (Wildman–Crippen LogP) is 4.57. The van der Waals surface area contributed by atoms with Crippen LogP contribution in [0.25, 0.3) is 0 Å². The summed E-state index contributed by atoms with van der Waals surface area (Å²) in [4.78, 5) is 11.7. The summed E-state index contributed by atoms with van der Waals surface area (Å²) in [5.74, 6) is 0.249. The Kier molecular flexibility index (Phi) is 5.65. The highest BCUT2D eigenvalue weighted by Crippen LogP contribution is 2.25. The molecule has 0 spiro atoms. The largest absolute Gasteiger partial charge is 0.338 e. The first-order chi connectivity index (χ1) is 9.65. The van der Waals surface area contributed by atoms with E-state index in [1.54, 1.807) is 0 Å². The van der Waals surface area contributed by atoms with Crippen LogP contribution in [-0.4, -0.2) is 12.6 Å². The van der Waals surface area contributed by atoms with Crippen LogP contribution < -0.4 is 10.6 Å². The van der Waals surface area contributed by atoms with Gasteiger partial charge in [-0.3, -0.25) is 0 Å². The highest BCUT2D eigenvalue weighted by molar-refractivity contribution is 6.31. The van der Waals surface area contributed by atoms with Gasteiger partial charge in [-0.1, -0.05) is 43.7 Å². The van der Waals surface area contributed by atoms with Gasteiger partial charge >= 0.3 is 6.03 Å². The molecule has 1 aliphatic carbocycles. The van der Waals surface area contributed by atoms with Crippen molar-refractivity contribution in [1.82, 2.24) is 5.32 Å². The Balaban J connectivity index is 1.70. The molecule has 0 bridgehead atoms. The maximum Gasteiger partial charge on any atom is 0.319 e. The third-order valence-corrected chi connectivity index (χ3v) is 4.03. The molecule has 1 fully saturated rings. The Morgan fingerprint density at radius 1 is 1.30 bits per heavy atom. The van der Waals surface area contributed by atoms with Crippen LogP contribution in [0, 0.1) is 11.7 Å². The number of hydrogen-bond donors (Lipinski definition) is 2. The quantitative estimate of drug-likeness (QED) is 0.840. The molecule has 110 valence electrons. The van der Waals surface area contributed by atoms with Crippen LogP contribution in [0.1, 0.15) is 38.5 Å². The molecule has 0 saturated heterocycles. The van der Waals surface area contributed by atoms with Gasteiger partial charge in [0.05, 0.1) is 5.02 Å². The summed E-state index contributed by atoms with van der Waals surface area (Å²) in [6.45, 7) is 0.672. The number of hydrogen-bond acceptors (Lipinski definition) is 1. The minimum atomic E-state index is -0.491. The number of amides is 2. The molecule has 3 nitrogen and oxygen atoms in total. The predicted molar refractivity (Wildman–Crippen MR) is 79.6 cm³/mol. The summed E-state index contributed by atoms with van der Waals surface area (Å²) in [5.41, 5.74) is 0.492. The third-order valence-electron chi connectivity index (χ3n) is 3.74. The zero-order valence-electron chi connectivity index (χ0n) is 11.4. The maximum absolute atomic E-state index is 13.0. The van der Waals surface area contributed by atoms with Crippen molar-refractivity contribution >= 4 is 23.3 Å². The van der Waals surface area contributed by atoms with Gasteiger partial charge in [-0.25, -0.2) is 9.18 Å². The van der Waals surface area contributed by atoms with E-state index in [0.29, 0.717) is 12.2 Å². The molecule has 1 aromatic carbocycles. The fraction of sp³-hybridized carbons (Fsp3) is 0.533. The Labute approximate surface area is 123 Å². The minimum absolute atomic E-state index is 0.00463. The number of carbonyl (C=O) groups excluding carboxylic acids is 1. The van der Waals surface area contributed by atoms with Gasteiger partial charge < -0.3 is 10.6 Å². The first-order valence-corrected chi connectivity index (χ1v) is 7.53. The van der Waals surface area contributed by atoms with Crippen molar-refractivity contribution in [2.45, 2.75) is 38.5 Å². The van der Waals surface area contributed by atoms with E-state index in [1.165, 1.54) is 50.3 Å². The zero-order chi connectivity index (χ0) is 14.4. The van der Waals surface area contributed by atoms with Crippen molar-refractivity contribution in [3.05, 3.63) is 29.0 Å². The van der Waals surface area contributed by atoms with Crippen LogP contribution in [0.2, 0.25) is 5.02 Å². The standard InChI is InChI=1S/C15H20ClFN2O/c16-13-10-12(6-7-14(13)17)19-15(20)18-9-8-11-4-2-1-3-5-11/h6-7,10-11H,1-5,8-9H2,(H2,18,19,20). The smallest absolute Gasteiger partial charge is 0.319 e. The molecule has 20 heavy (non-hydrogen) atoms. The van der Waals surface area contributed by atoms with Crippen LogP contribution >= 0.6 is 11.6 Å². The summed E-state index contributed by atoms with van der Waals surface area (Å²) < 4.78 is 13.0. The van der Waals surface area contributed by atoms with Crippen LogP contribution in [0.3, 0.4) is 0 Å². The van der Waals surface area contributed by atoms with Crippen molar-refractivity contribution in [3.8, 4) is 0 Å². The van der Waals surface area contributed by atoms with E-state index >= 15 is 0 Å². The molecule has 0 aromatic heterocycles. The molecule has 0 heterocycles. The SMILES string of the molecule is O=C(NCCC1CCCCC1)Nc1ccc(F)c(Cl)c1. The van der Waals surface area contributed by atoms with Crippen LogP contribution in [0.4, 0.5) is 14.9 Å². The van der Waals surface area contributed by atoms with Crippen LogP contribution in [0.5, 0.6) is 0 Å². The van der Waals surface area contributed by atoms with Gasteiger partial charge in [0, 0.05) is 12.2 Å². The number of rotatable bonds is 4. The van der Waals surface area contributed by atoms with E-state index in [2.05, 4.69) is 10.6 Å². The summed E-state index contributed by atoms with van der Waals surface area (Å²) in [6, 6.07) is 3.85. The highest BCUT2D eigenvalue weighted by atomic mass is 35.5. The second-order valence-corrected chi connectivity index (χ2v) is 5.71. The monoisotopic (exact) mass is 298 g/mol. The summed E-state index contributed by atoms with van der Waals surface area (Å²) in [5, 5.41) is 5.48. The van der Waals surface area contributed by atoms with E-state index in [-0.39, 0.29) is 11.1 Å². The number of nitrogens with one attached hydrogen (secondary N) is 2. The molecular weight excluding hydrogens is 279 g/mol. The van der Waals surface area contributed by atoms with Crippen LogP contribution in [-0.2, 0) is 0 Å². The Morgan fingerprint density at radius 2 is 2.05 bits per heavy atom. The lowest BCUT2D eigenvalue weighted by Crippen LogP contribution is -2.30. The van der Waals surface area contributed by atoms with Gasteiger partial charge in [0.15, 0.2) is 0 Å². The lowest BCUT2D eigenvalue weighted by atomic mass is 9.87. The first kappa shape index (κ1) is 15.1. The zero-order valence-corrected chi connectivity index (χ0v) is 12.2. The third kappa shape index (κ3) is 4.67. The molecule has 0 atom stereocenters. The number of carbonyl (C=O) groups is 1. The lowest BCUT2D eigenvalue weighted by Gasteiger charge is -2.21. The molecular formula is C15H20ClFN2O. The van der Waals surface area contributed by atoms with Gasteiger partial charge in [-0.05, 0) is 30.5 Å². The second-order valence-electron chi connectivity index (χ2n) is 5.30. The minimum Gasteiger partial charge on any atom is -0.338 e. The topological polar surface area (TPSA) is 41.1 Å². The highest BCUT2D eigenvalue weighted by Gasteiger charge is 2.13. The van der Waals surface area contributed by atoms with E-state index in [9.17, 15) is 9.18 Å². The second kappa shape index (κ2) is 7.48. The van der Waals surface area contributed by atoms with Crippen molar-refractivity contribution < 1.29 is 9.18 Å². The molecule has 0 aliphatic heterocycles. The molecule has 0 radical (unpaired) electrons. The fourth-order valence-corrected chi connectivity index (χ4v) is 2.80. The first-order valence-electron chi connectivity index (χ1n) is 7.15. The molecule has 1 aliphatic rings. The number of anilines is 1. The summed E-state index contributed by atoms with van der Waals surface area (Å²) in [6.07, 6.45) is 7.54. The number of urea groups is 1. The number of benzene rings is 1. The molecule has 1 aromatic rings. The summed E-state index contributed by atoms with van der Waals surface area (Å²) >= 11 is 5.66. The molecule has 5 heteroatoms. The van der Waals surface area contributed by atoms with Gasteiger partial charge in [0.2, 0.25) is 0 Å². The van der Waals surface area contributed by atoms with Crippen molar-refractivity contribution in [1.29, 1.82) is 0 Å². The lowest BCUT2D eigenvalue weighted by molar-refractivity contribution is 0.250. The van der Waals surface area contributed by atoms with Crippen molar-refractivity contribution in [2.24, 2.45) is 5.92 Å². The summed E-state index contributed by atoms with van der Waals surface area (Å²) in [7, 11) is 0. The van der Waals surface area contributed by atoms with E-state index in [4.69, 9.17) is 11.6 Å². The maximum atomic E-state index is 13.0. The van der Waals surface area contributed by atoms with Crippen LogP contribution in [0.15, 0.2) is 18.2 Å². The van der Waals surface area contributed by atoms with Gasteiger partial charge in [-0.15, -0.1) is 0 Å². The van der Waals surface area contributed by atoms with E-state index in [1.807, 2.05) is 0 Å². The van der Waals surface area contributed by atoms with E-state index < -0.39 is 5.82 Å². The number of halogens is 2. The molecule has 0 unspecified atom stereocenters. The Hall–Kier alpha value is -1.29. The van der Waals surface area contributed by atoms with Gasteiger partial charge in [0.1, 0.15) is 5.82 Å². The van der Waals surface area contributed by atoms with E-state index in [0.717, 1.165) is 12.3 Å². The normalized spacial score (nSPS) is 15.9. The molecule has 2 rings (SSSR count). The van der Waals surface area contributed by atoms with Gasteiger partial charge in [-0.2, -0.15) is 0 Å². The molecule has 2 amide bonds. The Morgan fingerprint density at radius 3 is 2.75 bits per heavy atom. The average molecular weight is 299 g/mol.